The number of amides is 1. The largest absolute Gasteiger partial charge is 0.465 e. The molecular weight excluding hydrogens is 392 g/mol. The van der Waals surface area contributed by atoms with Crippen molar-refractivity contribution >= 4 is 33.4 Å². The molecule has 0 unspecified atom stereocenters. The van der Waals surface area contributed by atoms with E-state index < -0.39 is 32.6 Å². The molecule has 2 rings (SSSR count). The number of methoxy groups -OCH3 is 2. The van der Waals surface area contributed by atoms with E-state index in [0.29, 0.717) is 4.73 Å². The number of rotatable bonds is 6. The van der Waals surface area contributed by atoms with Gasteiger partial charge < -0.3 is 14.3 Å². The third-order valence-electron chi connectivity index (χ3n) is 2.86. The summed E-state index contributed by atoms with van der Waals surface area (Å²) in [5, 5.41) is 4.88. The maximum atomic E-state index is 12.4. The highest BCUT2D eigenvalue weighted by atomic mass is 32.2. The van der Waals surface area contributed by atoms with Crippen molar-refractivity contribution in [2.75, 3.05) is 20.8 Å². The number of hydrogen-bond acceptors (Lipinski definition) is 10. The molecular formula is C12H14N4O8S2. The lowest BCUT2D eigenvalue weighted by Crippen LogP contribution is -2.41. The molecule has 0 saturated carbocycles. The van der Waals surface area contributed by atoms with Gasteiger partial charge in [-0.25, -0.2) is 27.5 Å². The summed E-state index contributed by atoms with van der Waals surface area (Å²) in [6.07, 6.45) is 0. The molecule has 0 fully saturated rings. The third-order valence-corrected chi connectivity index (χ3v) is 5.24. The molecule has 0 aromatic carbocycles. The van der Waals surface area contributed by atoms with Crippen LogP contribution >= 0.6 is 11.3 Å². The standard InChI is InChI=1S/C12H14N4O8S2/c1-4-24-16-11(23-3)13-15(12(16)19)10(18)14-26(20,21)7-5-6-25-8(7)9(17)22-2/h5-6H,4H2,1-3H3,(H,14,18). The summed E-state index contributed by atoms with van der Waals surface area (Å²) in [6, 6.07) is -0.613. The second-order valence-corrected chi connectivity index (χ2v) is 6.98. The zero-order chi connectivity index (χ0) is 19.5. The van der Waals surface area contributed by atoms with E-state index in [4.69, 9.17) is 9.57 Å². The van der Waals surface area contributed by atoms with Gasteiger partial charge >= 0.3 is 23.7 Å². The number of sulfonamides is 1. The van der Waals surface area contributed by atoms with Crippen molar-refractivity contribution in [3.8, 4) is 6.01 Å². The molecule has 14 heteroatoms. The second kappa shape index (κ2) is 7.57. The van der Waals surface area contributed by atoms with Crippen LogP contribution in [-0.2, 0) is 14.8 Å². The van der Waals surface area contributed by atoms with Crippen molar-refractivity contribution in [3.63, 3.8) is 0 Å². The van der Waals surface area contributed by atoms with Gasteiger partial charge in [-0.15, -0.1) is 21.1 Å². The Balaban J connectivity index is 2.37. The molecule has 0 bridgehead atoms. The molecule has 0 aliphatic heterocycles. The number of ether oxygens (including phenoxy) is 2. The Labute approximate surface area is 150 Å². The Morgan fingerprint density at radius 2 is 2.04 bits per heavy atom. The van der Waals surface area contributed by atoms with E-state index in [1.54, 1.807) is 11.6 Å². The highest BCUT2D eigenvalue weighted by Crippen LogP contribution is 2.22. The topological polar surface area (TPSA) is 148 Å². The van der Waals surface area contributed by atoms with Crippen molar-refractivity contribution < 1.29 is 32.3 Å². The fourth-order valence-electron chi connectivity index (χ4n) is 1.80. The predicted octanol–water partition coefficient (Wildman–Crippen LogP) is -0.703. The summed E-state index contributed by atoms with van der Waals surface area (Å²) >= 11 is 0.819. The number of esters is 1. The molecule has 0 saturated heterocycles. The number of thiophene rings is 1. The quantitative estimate of drug-likeness (QED) is 0.615. The summed E-state index contributed by atoms with van der Waals surface area (Å²) in [7, 11) is -2.20. The van der Waals surface area contributed by atoms with Gasteiger partial charge in [-0.05, 0) is 18.4 Å². The van der Waals surface area contributed by atoms with Crippen LogP contribution in [0.4, 0.5) is 4.79 Å². The molecule has 1 amide bonds. The Bertz CT molecular complexity index is 987. The van der Waals surface area contributed by atoms with Crippen LogP contribution in [0.3, 0.4) is 0 Å². The summed E-state index contributed by atoms with van der Waals surface area (Å²) < 4.78 is 36.5. The lowest BCUT2D eigenvalue weighted by molar-refractivity contribution is 0.0602. The van der Waals surface area contributed by atoms with Crippen molar-refractivity contribution in [1.29, 1.82) is 0 Å². The molecule has 2 heterocycles. The average Bonchev–Trinajstić information content (AvgIpc) is 3.20. The van der Waals surface area contributed by atoms with Crippen molar-refractivity contribution in [1.82, 2.24) is 19.2 Å². The lowest BCUT2D eigenvalue weighted by atomic mass is 10.5. The minimum atomic E-state index is -4.47. The molecule has 0 spiro atoms. The maximum absolute atomic E-state index is 12.4. The van der Waals surface area contributed by atoms with Gasteiger partial charge in [-0.2, -0.15) is 0 Å². The SMILES string of the molecule is CCOn1c(OC)nn(C(=O)NS(=O)(=O)c2ccsc2C(=O)OC)c1=O. The second-order valence-electron chi connectivity index (χ2n) is 4.41. The first-order valence-corrected chi connectivity index (χ1v) is 9.25. The number of aromatic nitrogens is 3. The van der Waals surface area contributed by atoms with Gasteiger partial charge in [0.25, 0.3) is 10.0 Å². The van der Waals surface area contributed by atoms with Crippen LogP contribution in [0.2, 0.25) is 0 Å². The number of hydrogen-bond donors (Lipinski definition) is 1. The fraction of sp³-hybridized carbons (Fsp3) is 0.333. The molecule has 26 heavy (non-hydrogen) atoms. The van der Waals surface area contributed by atoms with Gasteiger partial charge in [0.2, 0.25) is 0 Å². The monoisotopic (exact) mass is 406 g/mol. The zero-order valence-electron chi connectivity index (χ0n) is 13.8. The summed E-state index contributed by atoms with van der Waals surface area (Å²) in [6.45, 7) is 1.65. The van der Waals surface area contributed by atoms with E-state index in [1.165, 1.54) is 12.5 Å². The number of nitrogens with zero attached hydrogens (tertiary/aromatic N) is 3. The molecule has 2 aromatic rings. The van der Waals surface area contributed by atoms with Gasteiger partial charge in [0.05, 0.1) is 14.2 Å². The molecule has 0 atom stereocenters. The highest BCUT2D eigenvalue weighted by Gasteiger charge is 2.29. The first-order valence-electron chi connectivity index (χ1n) is 6.89. The van der Waals surface area contributed by atoms with Gasteiger partial charge in [-0.3, -0.25) is 0 Å². The van der Waals surface area contributed by atoms with Gasteiger partial charge in [0.15, 0.2) is 0 Å². The Kier molecular flexibility index (Phi) is 5.66. The van der Waals surface area contributed by atoms with E-state index in [-0.39, 0.29) is 22.2 Å². The van der Waals surface area contributed by atoms with Crippen LogP contribution in [0.25, 0.3) is 0 Å². The van der Waals surface area contributed by atoms with E-state index in [9.17, 15) is 22.8 Å². The van der Waals surface area contributed by atoms with Crippen LogP contribution in [0, 0.1) is 0 Å². The number of nitrogens with one attached hydrogen (secondary N) is 1. The third kappa shape index (κ3) is 3.55. The fourth-order valence-corrected chi connectivity index (χ4v) is 4.06. The molecule has 0 aliphatic rings. The van der Waals surface area contributed by atoms with Gasteiger partial charge in [0.1, 0.15) is 16.4 Å². The summed E-state index contributed by atoms with van der Waals surface area (Å²) in [5.41, 5.74) is -1.07. The molecule has 12 nitrogen and oxygen atoms in total. The van der Waals surface area contributed by atoms with Gasteiger partial charge in [-0.1, -0.05) is 4.73 Å². The Hall–Kier alpha value is -2.87. The molecule has 0 radical (unpaired) electrons. The summed E-state index contributed by atoms with van der Waals surface area (Å²) in [4.78, 5) is 40.2. The average molecular weight is 406 g/mol. The molecule has 2 aromatic heterocycles. The van der Waals surface area contributed by atoms with Crippen LogP contribution in [0.5, 0.6) is 6.01 Å². The summed E-state index contributed by atoms with van der Waals surface area (Å²) in [5.74, 6) is -0.882. The van der Waals surface area contributed by atoms with Crippen LogP contribution in [0.1, 0.15) is 16.6 Å². The Morgan fingerprint density at radius 1 is 1.35 bits per heavy atom. The number of carbonyl (C=O) groups is 2. The highest BCUT2D eigenvalue weighted by molar-refractivity contribution is 7.90. The minimum absolute atomic E-state index is 0.0687. The van der Waals surface area contributed by atoms with Crippen molar-refractivity contribution in [2.45, 2.75) is 11.8 Å². The maximum Gasteiger partial charge on any atom is 0.391 e. The number of carbonyl (C=O) groups excluding carboxylic acids is 2. The Morgan fingerprint density at radius 3 is 2.62 bits per heavy atom. The normalized spacial score (nSPS) is 11.0. The van der Waals surface area contributed by atoms with Crippen molar-refractivity contribution in [2.24, 2.45) is 0 Å². The van der Waals surface area contributed by atoms with Crippen LogP contribution in [0.15, 0.2) is 21.1 Å². The molecule has 0 aliphatic carbocycles. The van der Waals surface area contributed by atoms with Crippen molar-refractivity contribution in [3.05, 3.63) is 26.8 Å². The van der Waals surface area contributed by atoms with Crippen LogP contribution < -0.4 is 20.0 Å². The van der Waals surface area contributed by atoms with Crippen LogP contribution in [-0.4, -0.2) is 55.8 Å². The smallest absolute Gasteiger partial charge is 0.391 e. The van der Waals surface area contributed by atoms with Gasteiger partial charge in [0, 0.05) is 0 Å². The zero-order valence-corrected chi connectivity index (χ0v) is 15.4. The van der Waals surface area contributed by atoms with E-state index >= 15 is 0 Å². The first-order chi connectivity index (χ1) is 12.3. The molecule has 1 N–H and O–H groups in total. The molecule has 142 valence electrons. The minimum Gasteiger partial charge on any atom is -0.465 e. The first kappa shape index (κ1) is 19.5. The van der Waals surface area contributed by atoms with E-state index in [1.807, 2.05) is 0 Å². The van der Waals surface area contributed by atoms with E-state index in [2.05, 4.69) is 9.84 Å². The predicted molar refractivity (Wildman–Crippen MR) is 86.9 cm³/mol. The van der Waals surface area contributed by atoms with E-state index in [0.717, 1.165) is 24.5 Å². The lowest BCUT2D eigenvalue weighted by Gasteiger charge is -2.06.